The molecule has 0 radical (unpaired) electrons. The Balaban J connectivity index is 1.47. The molecule has 1 nitrogen and oxygen atoms in total. The Kier molecular flexibility index (Phi) is 5.83. The molecular formula is C24H18OS2. The van der Waals surface area contributed by atoms with E-state index in [9.17, 15) is 0 Å². The van der Waals surface area contributed by atoms with E-state index < -0.39 is 0 Å². The first-order valence-electron chi connectivity index (χ1n) is 8.69. The van der Waals surface area contributed by atoms with Gasteiger partial charge in [0, 0.05) is 19.6 Å². The minimum atomic E-state index is 0.848. The summed E-state index contributed by atoms with van der Waals surface area (Å²) in [5.41, 5.74) is 0. The maximum Gasteiger partial charge on any atom is 0.128 e. The van der Waals surface area contributed by atoms with Crippen LogP contribution in [0.4, 0.5) is 0 Å². The van der Waals surface area contributed by atoms with E-state index in [1.165, 1.54) is 14.7 Å². The molecule has 4 aromatic carbocycles. The fourth-order valence-corrected chi connectivity index (χ4v) is 4.49. The van der Waals surface area contributed by atoms with Gasteiger partial charge in [0.05, 0.1) is 0 Å². The van der Waals surface area contributed by atoms with E-state index in [-0.39, 0.29) is 0 Å². The van der Waals surface area contributed by atoms with Crippen molar-refractivity contribution in [2.24, 2.45) is 0 Å². The first-order valence-corrected chi connectivity index (χ1v) is 10.3. The Hall–Kier alpha value is -2.62. The average molecular weight is 387 g/mol. The molecule has 0 aromatic heterocycles. The highest BCUT2D eigenvalue weighted by Gasteiger charge is 2.03. The summed E-state index contributed by atoms with van der Waals surface area (Å²) in [4.78, 5) is 4.86. The Morgan fingerprint density at radius 3 is 1.59 bits per heavy atom. The molecule has 0 heterocycles. The minimum Gasteiger partial charge on any atom is -0.457 e. The molecule has 0 spiro atoms. The zero-order chi connectivity index (χ0) is 18.3. The number of ether oxygens (including phenoxy) is 1. The van der Waals surface area contributed by atoms with Crippen LogP contribution in [0.15, 0.2) is 129 Å². The third-order valence-electron chi connectivity index (χ3n) is 3.80. The van der Waals surface area contributed by atoms with Gasteiger partial charge in [0.25, 0.3) is 0 Å². The number of benzene rings is 4. The molecule has 0 atom stereocenters. The molecule has 0 unspecified atom stereocenters. The molecule has 0 amide bonds. The van der Waals surface area contributed by atoms with Gasteiger partial charge in [-0.25, -0.2) is 0 Å². The molecule has 132 valence electrons. The van der Waals surface area contributed by atoms with Gasteiger partial charge in [-0.15, -0.1) is 0 Å². The lowest BCUT2D eigenvalue weighted by molar-refractivity contribution is 0.481. The molecule has 0 aliphatic heterocycles. The van der Waals surface area contributed by atoms with E-state index in [0.717, 1.165) is 16.4 Å². The van der Waals surface area contributed by atoms with Crippen molar-refractivity contribution in [3.05, 3.63) is 109 Å². The maximum atomic E-state index is 5.94. The lowest BCUT2D eigenvalue weighted by Crippen LogP contribution is -1.84. The van der Waals surface area contributed by atoms with Crippen molar-refractivity contribution in [1.29, 1.82) is 0 Å². The van der Waals surface area contributed by atoms with Crippen LogP contribution >= 0.6 is 23.5 Å². The molecule has 4 rings (SSSR count). The van der Waals surface area contributed by atoms with Crippen molar-refractivity contribution in [2.45, 2.75) is 19.6 Å². The summed E-state index contributed by atoms with van der Waals surface area (Å²) in [5.74, 6) is 1.70. The molecule has 27 heavy (non-hydrogen) atoms. The number of hydrogen-bond donors (Lipinski definition) is 0. The number of para-hydroxylation sites is 1. The topological polar surface area (TPSA) is 9.23 Å². The minimum absolute atomic E-state index is 0.848. The van der Waals surface area contributed by atoms with Crippen LogP contribution in [0, 0.1) is 0 Å². The van der Waals surface area contributed by atoms with Gasteiger partial charge < -0.3 is 4.74 Å². The van der Waals surface area contributed by atoms with Crippen molar-refractivity contribution in [3.8, 4) is 11.5 Å². The smallest absolute Gasteiger partial charge is 0.128 e. The second-order valence-corrected chi connectivity index (χ2v) is 8.18. The zero-order valence-electron chi connectivity index (χ0n) is 14.6. The van der Waals surface area contributed by atoms with E-state index in [4.69, 9.17) is 4.74 Å². The van der Waals surface area contributed by atoms with Crippen LogP contribution in [0.3, 0.4) is 0 Å². The lowest BCUT2D eigenvalue weighted by atomic mass is 10.3. The van der Waals surface area contributed by atoms with Gasteiger partial charge in [-0.1, -0.05) is 72.1 Å². The SMILES string of the molecule is c1ccc(Oc2cccc(Sc3cccc(Sc4ccccc4)c3)c2)cc1. The fourth-order valence-electron chi connectivity index (χ4n) is 2.59. The van der Waals surface area contributed by atoms with Crippen molar-refractivity contribution >= 4 is 23.5 Å². The molecular weight excluding hydrogens is 368 g/mol. The number of hydrogen-bond acceptors (Lipinski definition) is 3. The first-order chi connectivity index (χ1) is 13.3. The molecule has 0 N–H and O–H groups in total. The maximum absolute atomic E-state index is 5.94. The highest BCUT2D eigenvalue weighted by molar-refractivity contribution is 8.00. The summed E-state index contributed by atoms with van der Waals surface area (Å²) in [6.45, 7) is 0. The summed E-state index contributed by atoms with van der Waals surface area (Å²) >= 11 is 3.52. The molecule has 0 bridgehead atoms. The van der Waals surface area contributed by atoms with Gasteiger partial charge in [0.2, 0.25) is 0 Å². The highest BCUT2D eigenvalue weighted by Crippen LogP contribution is 2.35. The highest BCUT2D eigenvalue weighted by atomic mass is 32.2. The van der Waals surface area contributed by atoms with Crippen LogP contribution in [0.1, 0.15) is 0 Å². The van der Waals surface area contributed by atoms with Gasteiger partial charge in [-0.05, 0) is 60.7 Å². The summed E-state index contributed by atoms with van der Waals surface area (Å²) in [7, 11) is 0. The quantitative estimate of drug-likeness (QED) is 0.335. The molecule has 0 aliphatic carbocycles. The van der Waals surface area contributed by atoms with Crippen molar-refractivity contribution in [3.63, 3.8) is 0 Å². The molecule has 0 saturated heterocycles. The summed E-state index contributed by atoms with van der Waals surface area (Å²) < 4.78 is 5.94. The van der Waals surface area contributed by atoms with Crippen LogP contribution < -0.4 is 4.74 Å². The van der Waals surface area contributed by atoms with Gasteiger partial charge in [0.1, 0.15) is 11.5 Å². The largest absolute Gasteiger partial charge is 0.457 e. The van der Waals surface area contributed by atoms with Gasteiger partial charge in [-0.2, -0.15) is 0 Å². The molecule has 0 aliphatic rings. The lowest BCUT2D eigenvalue weighted by Gasteiger charge is -2.08. The van der Waals surface area contributed by atoms with Crippen LogP contribution in [0.25, 0.3) is 0 Å². The fraction of sp³-hybridized carbons (Fsp3) is 0. The van der Waals surface area contributed by atoms with E-state index in [1.807, 2.05) is 48.5 Å². The normalized spacial score (nSPS) is 10.5. The third-order valence-corrected chi connectivity index (χ3v) is 5.78. The van der Waals surface area contributed by atoms with E-state index in [0.29, 0.717) is 0 Å². The van der Waals surface area contributed by atoms with Crippen molar-refractivity contribution in [2.75, 3.05) is 0 Å². The monoisotopic (exact) mass is 386 g/mol. The first kappa shape index (κ1) is 17.8. The van der Waals surface area contributed by atoms with Crippen molar-refractivity contribution < 1.29 is 4.74 Å². The van der Waals surface area contributed by atoms with Gasteiger partial charge >= 0.3 is 0 Å². The molecule has 4 aromatic rings. The predicted octanol–water partition coefficient (Wildman–Crippen LogP) is 7.78. The van der Waals surface area contributed by atoms with Crippen molar-refractivity contribution in [1.82, 2.24) is 0 Å². The van der Waals surface area contributed by atoms with Crippen LogP contribution in [0.5, 0.6) is 11.5 Å². The average Bonchev–Trinajstić information content (AvgIpc) is 2.70. The summed E-state index contributed by atoms with van der Waals surface area (Å²) in [6.07, 6.45) is 0. The molecule has 0 saturated carbocycles. The zero-order valence-corrected chi connectivity index (χ0v) is 16.3. The Morgan fingerprint density at radius 1 is 0.407 bits per heavy atom. The Labute approximate surface area is 168 Å². The van der Waals surface area contributed by atoms with E-state index >= 15 is 0 Å². The second-order valence-electron chi connectivity index (χ2n) is 5.88. The van der Waals surface area contributed by atoms with Crippen LogP contribution in [-0.2, 0) is 0 Å². The van der Waals surface area contributed by atoms with Crippen LogP contribution in [-0.4, -0.2) is 0 Å². The predicted molar refractivity (Wildman–Crippen MR) is 114 cm³/mol. The van der Waals surface area contributed by atoms with E-state index in [2.05, 4.69) is 60.7 Å². The number of rotatable bonds is 6. The van der Waals surface area contributed by atoms with Gasteiger partial charge in [-0.3, -0.25) is 0 Å². The summed E-state index contributed by atoms with van der Waals surface area (Å²) in [6, 6.07) is 37.1. The van der Waals surface area contributed by atoms with E-state index in [1.54, 1.807) is 23.5 Å². The Morgan fingerprint density at radius 2 is 0.889 bits per heavy atom. The molecule has 3 heteroatoms. The standard InChI is InChI=1S/C24H18OS2/c1-3-9-19(10-4-1)25-20-11-7-14-22(17-20)27-24-16-8-15-23(18-24)26-21-12-5-2-6-13-21/h1-18H. The molecule has 0 fully saturated rings. The second kappa shape index (κ2) is 8.85. The Bertz CT molecular complexity index is 918. The van der Waals surface area contributed by atoms with Crippen LogP contribution in [0.2, 0.25) is 0 Å². The third kappa shape index (κ3) is 5.19. The van der Waals surface area contributed by atoms with Gasteiger partial charge in [0.15, 0.2) is 0 Å². The summed E-state index contributed by atoms with van der Waals surface area (Å²) in [5, 5.41) is 0.